The van der Waals surface area contributed by atoms with Crippen LogP contribution in [0.3, 0.4) is 0 Å². The summed E-state index contributed by atoms with van der Waals surface area (Å²) in [5.74, 6) is -0.395. The first-order valence-corrected chi connectivity index (χ1v) is 9.90. The molecule has 0 aliphatic rings. The van der Waals surface area contributed by atoms with Crippen LogP contribution in [-0.4, -0.2) is 25.0 Å². The minimum absolute atomic E-state index is 0.0310. The van der Waals surface area contributed by atoms with Gasteiger partial charge in [0, 0.05) is 24.0 Å². The molecule has 0 radical (unpaired) electrons. The number of nitrogens with one attached hydrogen (secondary N) is 1. The normalized spacial score (nSPS) is 10.9. The van der Waals surface area contributed by atoms with Gasteiger partial charge in [0.1, 0.15) is 6.54 Å². The van der Waals surface area contributed by atoms with Gasteiger partial charge in [-0.2, -0.15) is 0 Å². The Bertz CT molecular complexity index is 1350. The van der Waals surface area contributed by atoms with Crippen LogP contribution in [0.15, 0.2) is 76.6 Å². The SMILES string of the molecule is O=C(Cn1c(=O)n(Cc2ccccc2)c(=O)c2nccnc21)NCc1ccc(Cl)cc1. The lowest BCUT2D eigenvalue weighted by Crippen LogP contribution is -2.43. The van der Waals surface area contributed by atoms with E-state index in [2.05, 4.69) is 15.3 Å². The minimum Gasteiger partial charge on any atom is -0.350 e. The zero-order valence-electron chi connectivity index (χ0n) is 16.4. The van der Waals surface area contributed by atoms with Gasteiger partial charge in [-0.15, -0.1) is 0 Å². The van der Waals surface area contributed by atoms with Crippen LogP contribution in [0.5, 0.6) is 0 Å². The van der Waals surface area contributed by atoms with Crippen LogP contribution in [0.2, 0.25) is 5.02 Å². The number of fused-ring (bicyclic) bond motifs is 1. The molecule has 0 saturated carbocycles. The van der Waals surface area contributed by atoms with Crippen molar-refractivity contribution in [2.75, 3.05) is 0 Å². The van der Waals surface area contributed by atoms with E-state index in [0.29, 0.717) is 5.02 Å². The van der Waals surface area contributed by atoms with E-state index in [1.807, 2.05) is 30.3 Å². The molecule has 0 saturated heterocycles. The van der Waals surface area contributed by atoms with Crippen molar-refractivity contribution in [3.8, 4) is 0 Å². The molecule has 2 aromatic carbocycles. The third-order valence-electron chi connectivity index (χ3n) is 4.73. The summed E-state index contributed by atoms with van der Waals surface area (Å²) in [6.07, 6.45) is 2.76. The van der Waals surface area contributed by atoms with Gasteiger partial charge in [0.15, 0.2) is 11.2 Å². The molecule has 4 aromatic rings. The van der Waals surface area contributed by atoms with Crippen LogP contribution in [0.4, 0.5) is 0 Å². The first-order valence-electron chi connectivity index (χ1n) is 9.52. The van der Waals surface area contributed by atoms with Crippen molar-refractivity contribution in [1.29, 1.82) is 0 Å². The molecule has 0 fully saturated rings. The molecule has 8 nitrogen and oxygen atoms in total. The van der Waals surface area contributed by atoms with Crippen molar-refractivity contribution in [1.82, 2.24) is 24.4 Å². The van der Waals surface area contributed by atoms with Gasteiger partial charge < -0.3 is 5.32 Å². The summed E-state index contributed by atoms with van der Waals surface area (Å²) in [5.41, 5.74) is 0.581. The highest BCUT2D eigenvalue weighted by Crippen LogP contribution is 2.09. The van der Waals surface area contributed by atoms with Crippen molar-refractivity contribution in [2.45, 2.75) is 19.6 Å². The quantitative estimate of drug-likeness (QED) is 0.499. The highest BCUT2D eigenvalue weighted by atomic mass is 35.5. The fraction of sp³-hybridized carbons (Fsp3) is 0.136. The summed E-state index contributed by atoms with van der Waals surface area (Å²) in [6.45, 7) is 0.0477. The molecule has 0 aliphatic carbocycles. The number of carbonyl (C=O) groups is 1. The largest absolute Gasteiger partial charge is 0.350 e. The smallest absolute Gasteiger partial charge is 0.333 e. The number of carbonyl (C=O) groups excluding carboxylic acids is 1. The summed E-state index contributed by atoms with van der Waals surface area (Å²) in [7, 11) is 0. The lowest BCUT2D eigenvalue weighted by molar-refractivity contribution is -0.121. The molecule has 1 amide bonds. The van der Waals surface area contributed by atoms with Crippen LogP contribution in [0.1, 0.15) is 11.1 Å². The van der Waals surface area contributed by atoms with Crippen molar-refractivity contribution in [3.05, 3.63) is 104 Å². The molecule has 0 bridgehead atoms. The van der Waals surface area contributed by atoms with Crippen LogP contribution >= 0.6 is 11.6 Å². The Balaban J connectivity index is 1.66. The standard InChI is InChI=1S/C22H18ClN5O3/c23-17-8-6-15(7-9-17)12-26-18(29)14-27-20-19(24-10-11-25-20)21(30)28(22(27)31)13-16-4-2-1-3-5-16/h1-11H,12-14H2,(H,26,29). The molecular weight excluding hydrogens is 418 g/mol. The number of amides is 1. The molecular formula is C22H18ClN5O3. The van der Waals surface area contributed by atoms with Crippen molar-refractivity contribution in [3.63, 3.8) is 0 Å². The number of nitrogens with zero attached hydrogens (tertiary/aromatic N) is 4. The predicted molar refractivity (Wildman–Crippen MR) is 117 cm³/mol. The Hall–Kier alpha value is -3.78. The van der Waals surface area contributed by atoms with E-state index in [0.717, 1.165) is 15.7 Å². The van der Waals surface area contributed by atoms with Gasteiger partial charge in [-0.1, -0.05) is 54.1 Å². The average Bonchev–Trinajstić information content (AvgIpc) is 2.80. The number of rotatable bonds is 6. The van der Waals surface area contributed by atoms with Crippen LogP contribution in [0.25, 0.3) is 11.2 Å². The number of aromatic nitrogens is 4. The molecule has 0 atom stereocenters. The average molecular weight is 436 g/mol. The van der Waals surface area contributed by atoms with Crippen LogP contribution in [0, 0.1) is 0 Å². The third kappa shape index (κ3) is 4.54. The van der Waals surface area contributed by atoms with E-state index >= 15 is 0 Å². The maximum atomic E-state index is 13.1. The Kier molecular flexibility index (Phi) is 5.90. The Morgan fingerprint density at radius 3 is 2.35 bits per heavy atom. The third-order valence-corrected chi connectivity index (χ3v) is 4.98. The molecule has 0 unspecified atom stereocenters. The van der Waals surface area contributed by atoms with Gasteiger partial charge in [-0.05, 0) is 23.3 Å². The second-order valence-corrected chi connectivity index (χ2v) is 7.31. The molecule has 2 aromatic heterocycles. The molecule has 0 spiro atoms. The van der Waals surface area contributed by atoms with E-state index < -0.39 is 17.2 Å². The summed E-state index contributed by atoms with van der Waals surface area (Å²) in [6, 6.07) is 16.2. The Morgan fingerprint density at radius 2 is 1.61 bits per heavy atom. The van der Waals surface area contributed by atoms with E-state index in [4.69, 9.17) is 11.6 Å². The second kappa shape index (κ2) is 8.93. The second-order valence-electron chi connectivity index (χ2n) is 6.88. The number of halogens is 1. The fourth-order valence-corrected chi connectivity index (χ4v) is 3.31. The van der Waals surface area contributed by atoms with Gasteiger partial charge in [-0.25, -0.2) is 14.8 Å². The van der Waals surface area contributed by atoms with Gasteiger partial charge in [0.2, 0.25) is 5.91 Å². The van der Waals surface area contributed by atoms with Gasteiger partial charge in [-0.3, -0.25) is 18.7 Å². The van der Waals surface area contributed by atoms with E-state index in [9.17, 15) is 14.4 Å². The first kappa shape index (κ1) is 20.5. The van der Waals surface area contributed by atoms with Gasteiger partial charge in [0.05, 0.1) is 6.54 Å². The topological polar surface area (TPSA) is 98.9 Å². The number of hydrogen-bond donors (Lipinski definition) is 1. The lowest BCUT2D eigenvalue weighted by Gasteiger charge is -2.13. The Labute approximate surface area is 181 Å². The highest BCUT2D eigenvalue weighted by Gasteiger charge is 2.17. The first-order chi connectivity index (χ1) is 15.0. The zero-order chi connectivity index (χ0) is 21.8. The summed E-state index contributed by atoms with van der Waals surface area (Å²) in [4.78, 5) is 46.8. The maximum Gasteiger partial charge on any atom is 0.333 e. The molecule has 156 valence electrons. The van der Waals surface area contributed by atoms with Crippen molar-refractivity contribution >= 4 is 28.7 Å². The minimum atomic E-state index is -0.622. The number of benzene rings is 2. The van der Waals surface area contributed by atoms with E-state index in [1.54, 1.807) is 24.3 Å². The molecule has 4 rings (SSSR count). The monoisotopic (exact) mass is 435 g/mol. The molecule has 9 heteroatoms. The van der Waals surface area contributed by atoms with E-state index in [1.165, 1.54) is 17.0 Å². The van der Waals surface area contributed by atoms with Crippen molar-refractivity contribution < 1.29 is 4.79 Å². The van der Waals surface area contributed by atoms with Gasteiger partial charge >= 0.3 is 5.69 Å². The van der Waals surface area contributed by atoms with Crippen LogP contribution in [-0.2, 0) is 24.4 Å². The maximum absolute atomic E-state index is 13.1. The lowest BCUT2D eigenvalue weighted by atomic mass is 10.2. The summed E-state index contributed by atoms with van der Waals surface area (Å²) < 4.78 is 2.24. The van der Waals surface area contributed by atoms with Crippen molar-refractivity contribution in [2.24, 2.45) is 0 Å². The zero-order valence-corrected chi connectivity index (χ0v) is 17.1. The van der Waals surface area contributed by atoms with E-state index in [-0.39, 0.29) is 30.8 Å². The summed E-state index contributed by atoms with van der Waals surface area (Å²) in [5, 5.41) is 3.37. The molecule has 31 heavy (non-hydrogen) atoms. The molecule has 2 heterocycles. The molecule has 1 N–H and O–H groups in total. The number of hydrogen-bond acceptors (Lipinski definition) is 5. The molecule has 0 aliphatic heterocycles. The predicted octanol–water partition coefficient (Wildman–Crippen LogP) is 1.97. The van der Waals surface area contributed by atoms with Crippen LogP contribution < -0.4 is 16.6 Å². The highest BCUT2D eigenvalue weighted by molar-refractivity contribution is 6.30. The Morgan fingerprint density at radius 1 is 0.903 bits per heavy atom. The summed E-state index contributed by atoms with van der Waals surface area (Å²) >= 11 is 5.87. The fourth-order valence-electron chi connectivity index (χ4n) is 3.18. The van der Waals surface area contributed by atoms with Gasteiger partial charge in [0.25, 0.3) is 5.56 Å².